The topological polar surface area (TPSA) is 71.3 Å². The second-order valence-electron chi connectivity index (χ2n) is 5.52. The van der Waals surface area contributed by atoms with Crippen LogP contribution in [0.2, 0.25) is 5.02 Å². The Morgan fingerprint density at radius 1 is 1.46 bits per heavy atom. The smallest absolute Gasteiger partial charge is 0.252 e. The fourth-order valence-electron chi connectivity index (χ4n) is 2.38. The molecule has 2 rings (SSSR count). The summed E-state index contributed by atoms with van der Waals surface area (Å²) in [4.78, 5) is 12.6. The van der Waals surface area contributed by atoms with E-state index in [2.05, 4.69) is 11.4 Å². The summed E-state index contributed by atoms with van der Waals surface area (Å²) < 4.78 is 11.2. The maximum absolute atomic E-state index is 12.6. The highest BCUT2D eigenvalue weighted by molar-refractivity contribution is 7.99. The monoisotopic (exact) mass is 368 g/mol. The van der Waals surface area contributed by atoms with E-state index in [0.29, 0.717) is 47.5 Å². The Kier molecular flexibility index (Phi) is 6.64. The van der Waals surface area contributed by atoms with E-state index in [1.807, 2.05) is 13.8 Å². The van der Waals surface area contributed by atoms with E-state index in [1.165, 1.54) is 0 Å². The molecule has 1 aliphatic heterocycles. The summed E-state index contributed by atoms with van der Waals surface area (Å²) in [6, 6.07) is 5.40. The van der Waals surface area contributed by atoms with Crippen LogP contribution in [-0.4, -0.2) is 36.2 Å². The highest BCUT2D eigenvalue weighted by Gasteiger charge is 2.36. The van der Waals surface area contributed by atoms with Crippen LogP contribution in [0.3, 0.4) is 0 Å². The number of nitrogens with zero attached hydrogens (tertiary/aromatic N) is 1. The molecular weight excluding hydrogens is 348 g/mol. The third-order valence-corrected chi connectivity index (χ3v) is 5.08. The number of hydrogen-bond acceptors (Lipinski definition) is 5. The molecule has 1 fully saturated rings. The number of thioether (sulfide) groups is 1. The molecular formula is C17H21ClN2O3S. The molecule has 24 heavy (non-hydrogen) atoms. The normalized spacial score (nSPS) is 19.6. The molecule has 1 N–H and O–H groups in total. The van der Waals surface area contributed by atoms with Gasteiger partial charge in [-0.25, -0.2) is 0 Å². The van der Waals surface area contributed by atoms with Gasteiger partial charge in [0.15, 0.2) is 11.5 Å². The van der Waals surface area contributed by atoms with Crippen molar-refractivity contribution in [1.29, 1.82) is 5.26 Å². The number of benzene rings is 1. The zero-order chi connectivity index (χ0) is 17.6. The van der Waals surface area contributed by atoms with Gasteiger partial charge in [0.05, 0.1) is 24.3 Å². The van der Waals surface area contributed by atoms with E-state index in [9.17, 15) is 10.1 Å². The van der Waals surface area contributed by atoms with Gasteiger partial charge in [-0.15, -0.1) is 0 Å². The lowest BCUT2D eigenvalue weighted by atomic mass is 10.0. The predicted octanol–water partition coefficient (Wildman–Crippen LogP) is 3.66. The Morgan fingerprint density at radius 2 is 2.25 bits per heavy atom. The van der Waals surface area contributed by atoms with Gasteiger partial charge in [-0.3, -0.25) is 4.79 Å². The zero-order valence-electron chi connectivity index (χ0n) is 13.9. The van der Waals surface area contributed by atoms with E-state index in [0.717, 1.165) is 12.2 Å². The average Bonchev–Trinajstić information content (AvgIpc) is 3.03. The Hall–Kier alpha value is -1.58. The standard InChI is InChI=1S/C17H21ClN2O3S/c1-3-6-23-15-13(18)8-12(9-14(15)22-4-2)16(21)20-17(10-19)5-7-24-11-17/h8-9H,3-7,11H2,1-2H3,(H,20,21). The maximum atomic E-state index is 12.6. The minimum atomic E-state index is -0.808. The van der Waals surface area contributed by atoms with Gasteiger partial charge in [-0.05, 0) is 37.7 Å². The largest absolute Gasteiger partial charge is 0.490 e. The molecule has 0 spiro atoms. The summed E-state index contributed by atoms with van der Waals surface area (Å²) in [6.45, 7) is 4.80. The predicted molar refractivity (Wildman–Crippen MR) is 96.2 cm³/mol. The van der Waals surface area contributed by atoms with Crippen LogP contribution in [0.1, 0.15) is 37.0 Å². The number of hydrogen-bond donors (Lipinski definition) is 1. The quantitative estimate of drug-likeness (QED) is 0.795. The van der Waals surface area contributed by atoms with Crippen LogP contribution in [0.25, 0.3) is 0 Å². The fraction of sp³-hybridized carbons (Fsp3) is 0.529. The molecule has 0 aromatic heterocycles. The minimum Gasteiger partial charge on any atom is -0.490 e. The van der Waals surface area contributed by atoms with E-state index in [4.69, 9.17) is 21.1 Å². The molecule has 0 aliphatic carbocycles. The van der Waals surface area contributed by atoms with Crippen LogP contribution in [0.4, 0.5) is 0 Å². The summed E-state index contributed by atoms with van der Waals surface area (Å²) in [7, 11) is 0. The summed E-state index contributed by atoms with van der Waals surface area (Å²) >= 11 is 7.94. The molecule has 0 bridgehead atoms. The number of carbonyl (C=O) groups excluding carboxylic acids is 1. The third kappa shape index (κ3) is 4.28. The second kappa shape index (κ2) is 8.50. The van der Waals surface area contributed by atoms with Gasteiger partial charge in [0.2, 0.25) is 0 Å². The Morgan fingerprint density at radius 3 is 2.83 bits per heavy atom. The molecule has 5 nitrogen and oxygen atoms in total. The molecule has 1 aliphatic rings. The van der Waals surface area contributed by atoms with Crippen molar-refractivity contribution < 1.29 is 14.3 Å². The van der Waals surface area contributed by atoms with Gasteiger partial charge in [-0.2, -0.15) is 17.0 Å². The fourth-order valence-corrected chi connectivity index (χ4v) is 3.91. The first-order chi connectivity index (χ1) is 11.5. The molecule has 1 unspecified atom stereocenters. The first-order valence-corrected chi connectivity index (χ1v) is 9.49. The van der Waals surface area contributed by atoms with Crippen LogP contribution < -0.4 is 14.8 Å². The molecule has 1 atom stereocenters. The Balaban J connectivity index is 2.26. The number of ether oxygens (including phenoxy) is 2. The van der Waals surface area contributed by atoms with Crippen molar-refractivity contribution in [2.45, 2.75) is 32.2 Å². The van der Waals surface area contributed by atoms with Gasteiger partial charge in [0.25, 0.3) is 5.91 Å². The van der Waals surface area contributed by atoms with Crippen LogP contribution >= 0.6 is 23.4 Å². The molecule has 1 amide bonds. The van der Waals surface area contributed by atoms with Crippen molar-refractivity contribution in [3.63, 3.8) is 0 Å². The van der Waals surface area contributed by atoms with Gasteiger partial charge in [0, 0.05) is 11.3 Å². The van der Waals surface area contributed by atoms with Gasteiger partial charge in [0.1, 0.15) is 5.54 Å². The molecule has 7 heteroatoms. The SMILES string of the molecule is CCCOc1c(Cl)cc(C(=O)NC2(C#N)CCSC2)cc1OCC. The number of rotatable bonds is 7. The van der Waals surface area contributed by atoms with Crippen LogP contribution in [0, 0.1) is 11.3 Å². The van der Waals surface area contributed by atoms with Crippen LogP contribution in [0.15, 0.2) is 12.1 Å². The van der Waals surface area contributed by atoms with E-state index >= 15 is 0 Å². The average molecular weight is 369 g/mol. The molecule has 1 saturated heterocycles. The highest BCUT2D eigenvalue weighted by Crippen LogP contribution is 2.37. The molecule has 1 aromatic rings. The summed E-state index contributed by atoms with van der Waals surface area (Å²) in [5, 5.41) is 12.6. The second-order valence-corrected chi connectivity index (χ2v) is 7.03. The molecule has 1 heterocycles. The first-order valence-electron chi connectivity index (χ1n) is 7.96. The van der Waals surface area contributed by atoms with E-state index < -0.39 is 5.54 Å². The first kappa shape index (κ1) is 18.8. The van der Waals surface area contributed by atoms with Crippen molar-refractivity contribution >= 4 is 29.3 Å². The molecule has 0 radical (unpaired) electrons. The molecule has 130 valence electrons. The lowest BCUT2D eigenvalue weighted by Gasteiger charge is -2.22. The highest BCUT2D eigenvalue weighted by atomic mass is 35.5. The number of amides is 1. The molecule has 0 saturated carbocycles. The lowest BCUT2D eigenvalue weighted by molar-refractivity contribution is 0.0925. The van der Waals surface area contributed by atoms with Gasteiger partial charge < -0.3 is 14.8 Å². The van der Waals surface area contributed by atoms with Crippen molar-refractivity contribution in [3.8, 4) is 17.6 Å². The third-order valence-electron chi connectivity index (χ3n) is 3.61. The van der Waals surface area contributed by atoms with Crippen molar-refractivity contribution in [2.75, 3.05) is 24.7 Å². The van der Waals surface area contributed by atoms with E-state index in [-0.39, 0.29) is 5.91 Å². The number of nitriles is 1. The zero-order valence-corrected chi connectivity index (χ0v) is 15.4. The summed E-state index contributed by atoms with van der Waals surface area (Å²) in [5.74, 6) is 2.02. The lowest BCUT2D eigenvalue weighted by Crippen LogP contribution is -2.47. The van der Waals surface area contributed by atoms with Gasteiger partial charge in [-0.1, -0.05) is 18.5 Å². The number of nitrogens with one attached hydrogen (secondary N) is 1. The summed E-state index contributed by atoms with van der Waals surface area (Å²) in [5.41, 5.74) is -0.448. The summed E-state index contributed by atoms with van der Waals surface area (Å²) in [6.07, 6.45) is 1.48. The van der Waals surface area contributed by atoms with Crippen LogP contribution in [-0.2, 0) is 0 Å². The van der Waals surface area contributed by atoms with Crippen molar-refractivity contribution in [3.05, 3.63) is 22.7 Å². The number of carbonyl (C=O) groups is 1. The van der Waals surface area contributed by atoms with E-state index in [1.54, 1.807) is 23.9 Å². The minimum absolute atomic E-state index is 0.325. The Bertz CT molecular complexity index is 639. The van der Waals surface area contributed by atoms with Crippen LogP contribution in [0.5, 0.6) is 11.5 Å². The van der Waals surface area contributed by atoms with Crippen molar-refractivity contribution in [2.24, 2.45) is 0 Å². The molecule has 1 aromatic carbocycles. The number of halogens is 1. The van der Waals surface area contributed by atoms with Gasteiger partial charge >= 0.3 is 0 Å². The Labute approximate surface area is 151 Å². The van der Waals surface area contributed by atoms with Crippen molar-refractivity contribution in [1.82, 2.24) is 5.32 Å². The maximum Gasteiger partial charge on any atom is 0.252 e.